The van der Waals surface area contributed by atoms with Crippen LogP contribution in [0.1, 0.15) is 25.7 Å². The highest BCUT2D eigenvalue weighted by atomic mass is 15.3. The van der Waals surface area contributed by atoms with E-state index in [1.54, 1.807) is 12.5 Å². The molecule has 2 aromatic rings. The number of nitrogens with zero attached hydrogens (tertiary/aromatic N) is 5. The summed E-state index contributed by atoms with van der Waals surface area (Å²) in [4.78, 5) is 7.04. The molecule has 2 aromatic heterocycles. The molecule has 100 valence electrons. The van der Waals surface area contributed by atoms with E-state index in [0.29, 0.717) is 6.04 Å². The Bertz CT molecular complexity index is 579. The summed E-state index contributed by atoms with van der Waals surface area (Å²) in [5.74, 6) is 0.858. The number of piperidine rings is 1. The van der Waals surface area contributed by atoms with Crippen LogP contribution in [0.5, 0.6) is 0 Å². The quantitative estimate of drug-likeness (QED) is 0.876. The van der Waals surface area contributed by atoms with Crippen molar-refractivity contribution in [1.29, 1.82) is 0 Å². The van der Waals surface area contributed by atoms with Crippen LogP contribution in [0, 0.1) is 0 Å². The number of nitrogens with one attached hydrogen (secondary N) is 1. The van der Waals surface area contributed by atoms with Crippen LogP contribution in [0.25, 0.3) is 5.65 Å². The van der Waals surface area contributed by atoms with Gasteiger partial charge in [0.1, 0.15) is 6.33 Å². The molecule has 6 nitrogen and oxygen atoms in total. The van der Waals surface area contributed by atoms with E-state index >= 15 is 0 Å². The fourth-order valence-corrected chi connectivity index (χ4v) is 3.41. The summed E-state index contributed by atoms with van der Waals surface area (Å²) in [7, 11) is 0. The van der Waals surface area contributed by atoms with Gasteiger partial charge in [-0.3, -0.25) is 4.40 Å². The van der Waals surface area contributed by atoms with Crippen molar-refractivity contribution in [2.24, 2.45) is 0 Å². The van der Waals surface area contributed by atoms with E-state index in [9.17, 15) is 0 Å². The summed E-state index contributed by atoms with van der Waals surface area (Å²) in [6.45, 7) is 2.49. The largest absolute Gasteiger partial charge is 0.364 e. The Labute approximate surface area is 111 Å². The lowest BCUT2D eigenvalue weighted by atomic mass is 9.98. The van der Waals surface area contributed by atoms with Gasteiger partial charge in [-0.25, -0.2) is 4.98 Å². The number of rotatable bonds is 2. The van der Waals surface area contributed by atoms with E-state index in [4.69, 9.17) is 0 Å². The highest BCUT2D eigenvalue weighted by Crippen LogP contribution is 2.28. The summed E-state index contributed by atoms with van der Waals surface area (Å²) in [5.41, 5.74) is 0.816. The zero-order chi connectivity index (χ0) is 12.7. The molecule has 0 spiro atoms. The van der Waals surface area contributed by atoms with Gasteiger partial charge in [-0.2, -0.15) is 0 Å². The minimum absolute atomic E-state index is 0.509. The van der Waals surface area contributed by atoms with Crippen molar-refractivity contribution in [2.45, 2.75) is 37.8 Å². The number of aromatic nitrogens is 4. The molecule has 4 heterocycles. The van der Waals surface area contributed by atoms with E-state index in [2.05, 4.69) is 25.4 Å². The molecule has 0 aliphatic carbocycles. The third kappa shape index (κ3) is 1.96. The molecule has 2 saturated heterocycles. The van der Waals surface area contributed by atoms with Gasteiger partial charge in [0, 0.05) is 31.0 Å². The van der Waals surface area contributed by atoms with E-state index in [1.165, 1.54) is 38.8 Å². The molecule has 0 bridgehead atoms. The van der Waals surface area contributed by atoms with E-state index < -0.39 is 0 Å². The molecular formula is C13H18N6. The summed E-state index contributed by atoms with van der Waals surface area (Å²) in [6, 6.07) is 1.28. The van der Waals surface area contributed by atoms with Crippen molar-refractivity contribution in [3.05, 3.63) is 18.7 Å². The van der Waals surface area contributed by atoms with Crippen molar-refractivity contribution >= 4 is 11.5 Å². The number of fused-ring (bicyclic) bond motifs is 2. The molecule has 2 aliphatic heterocycles. The molecule has 2 unspecified atom stereocenters. The van der Waals surface area contributed by atoms with Crippen molar-refractivity contribution in [2.75, 3.05) is 18.4 Å². The van der Waals surface area contributed by atoms with Crippen LogP contribution in [-0.4, -0.2) is 49.7 Å². The van der Waals surface area contributed by atoms with Crippen LogP contribution >= 0.6 is 0 Å². The van der Waals surface area contributed by atoms with E-state index in [1.807, 2.05) is 10.6 Å². The van der Waals surface area contributed by atoms with Gasteiger partial charge in [0.25, 0.3) is 0 Å². The topological polar surface area (TPSA) is 58.4 Å². The molecule has 1 N–H and O–H groups in total. The normalized spacial score (nSPS) is 27.6. The fraction of sp³-hybridized carbons (Fsp3) is 0.615. The molecular weight excluding hydrogens is 240 g/mol. The summed E-state index contributed by atoms with van der Waals surface area (Å²) >= 11 is 0. The highest BCUT2D eigenvalue weighted by Gasteiger charge is 2.31. The maximum atomic E-state index is 4.41. The van der Waals surface area contributed by atoms with Crippen molar-refractivity contribution < 1.29 is 0 Å². The van der Waals surface area contributed by atoms with Crippen LogP contribution in [0.15, 0.2) is 18.7 Å². The monoisotopic (exact) mass is 258 g/mol. The molecule has 19 heavy (non-hydrogen) atoms. The summed E-state index contributed by atoms with van der Waals surface area (Å²) in [6.07, 6.45) is 10.5. The Morgan fingerprint density at radius 2 is 2.26 bits per heavy atom. The van der Waals surface area contributed by atoms with Crippen LogP contribution in [0.2, 0.25) is 0 Å². The lowest BCUT2D eigenvalue weighted by Gasteiger charge is -2.35. The first-order chi connectivity index (χ1) is 9.40. The Hall–Kier alpha value is -1.69. The smallest absolute Gasteiger partial charge is 0.203 e. The Morgan fingerprint density at radius 3 is 3.26 bits per heavy atom. The van der Waals surface area contributed by atoms with E-state index in [0.717, 1.165) is 17.5 Å². The van der Waals surface area contributed by atoms with Crippen LogP contribution in [0.3, 0.4) is 0 Å². The minimum Gasteiger partial charge on any atom is -0.364 e. The molecule has 2 aliphatic rings. The van der Waals surface area contributed by atoms with E-state index in [-0.39, 0.29) is 0 Å². The van der Waals surface area contributed by atoms with Gasteiger partial charge < -0.3 is 10.2 Å². The van der Waals surface area contributed by atoms with Crippen LogP contribution in [-0.2, 0) is 0 Å². The molecule has 0 aromatic carbocycles. The zero-order valence-corrected chi connectivity index (χ0v) is 10.9. The third-order valence-corrected chi connectivity index (χ3v) is 4.38. The van der Waals surface area contributed by atoms with Crippen molar-refractivity contribution in [1.82, 2.24) is 24.5 Å². The molecule has 2 fully saturated rings. The predicted molar refractivity (Wildman–Crippen MR) is 72.0 cm³/mol. The van der Waals surface area contributed by atoms with Crippen molar-refractivity contribution in [3.63, 3.8) is 0 Å². The first kappa shape index (κ1) is 11.2. The molecule has 4 rings (SSSR count). The van der Waals surface area contributed by atoms with Gasteiger partial charge in [-0.15, -0.1) is 10.2 Å². The summed E-state index contributed by atoms with van der Waals surface area (Å²) in [5, 5.41) is 11.6. The molecule has 0 saturated carbocycles. The average molecular weight is 258 g/mol. The molecule has 6 heteroatoms. The Balaban J connectivity index is 1.53. The minimum atomic E-state index is 0.509. The second kappa shape index (κ2) is 4.45. The van der Waals surface area contributed by atoms with Gasteiger partial charge in [0.15, 0.2) is 5.82 Å². The second-order valence-electron chi connectivity index (χ2n) is 5.54. The van der Waals surface area contributed by atoms with Gasteiger partial charge in [-0.05, 0) is 32.2 Å². The highest BCUT2D eigenvalue weighted by molar-refractivity contribution is 5.61. The SMILES string of the molecule is c1cn2cnnc2c(NC2CCN3CCCC3C2)n1. The summed E-state index contributed by atoms with van der Waals surface area (Å²) < 4.78 is 1.90. The first-order valence-electron chi connectivity index (χ1n) is 7.05. The Kier molecular flexibility index (Phi) is 2.61. The third-order valence-electron chi connectivity index (χ3n) is 4.38. The fourth-order valence-electron chi connectivity index (χ4n) is 3.41. The molecule has 0 radical (unpaired) electrons. The van der Waals surface area contributed by atoms with Gasteiger partial charge in [-0.1, -0.05) is 0 Å². The van der Waals surface area contributed by atoms with Gasteiger partial charge in [0.2, 0.25) is 5.65 Å². The Morgan fingerprint density at radius 1 is 1.26 bits per heavy atom. The lowest BCUT2D eigenvalue weighted by Crippen LogP contribution is -2.42. The average Bonchev–Trinajstić information content (AvgIpc) is 3.06. The molecule has 2 atom stereocenters. The van der Waals surface area contributed by atoms with Crippen LogP contribution < -0.4 is 5.32 Å². The number of anilines is 1. The van der Waals surface area contributed by atoms with Gasteiger partial charge >= 0.3 is 0 Å². The first-order valence-corrected chi connectivity index (χ1v) is 7.05. The predicted octanol–water partition coefficient (Wildman–Crippen LogP) is 1.16. The molecule has 0 amide bonds. The second-order valence-corrected chi connectivity index (χ2v) is 5.54. The van der Waals surface area contributed by atoms with Crippen molar-refractivity contribution in [3.8, 4) is 0 Å². The maximum absolute atomic E-state index is 4.41. The maximum Gasteiger partial charge on any atom is 0.203 e. The number of hydrogen-bond donors (Lipinski definition) is 1. The zero-order valence-electron chi connectivity index (χ0n) is 10.9. The van der Waals surface area contributed by atoms with Crippen LogP contribution in [0.4, 0.5) is 5.82 Å². The number of hydrogen-bond acceptors (Lipinski definition) is 5. The van der Waals surface area contributed by atoms with Gasteiger partial charge in [0.05, 0.1) is 0 Å². The lowest BCUT2D eigenvalue weighted by molar-refractivity contribution is 0.188. The standard InChI is InChI=1S/C13H18N6/c1-2-11-8-10(3-6-18(11)5-1)16-12-13-17-15-9-19(13)7-4-14-12/h4,7,9-11H,1-3,5-6,8H2,(H,14,16).